The molecule has 8 heteroatoms. The van der Waals surface area contributed by atoms with Crippen molar-refractivity contribution < 1.29 is 9.18 Å². The average molecular weight is 427 g/mol. The van der Waals surface area contributed by atoms with Crippen LogP contribution in [0.2, 0.25) is 0 Å². The van der Waals surface area contributed by atoms with E-state index in [-0.39, 0.29) is 18.3 Å². The number of nitrogens with zero attached hydrogens (tertiary/aromatic N) is 3. The fourth-order valence-electron chi connectivity index (χ4n) is 4.29. The molecule has 0 aromatic carbocycles. The van der Waals surface area contributed by atoms with Crippen molar-refractivity contribution in [1.82, 2.24) is 30.5 Å². The second-order valence-electron chi connectivity index (χ2n) is 8.32. The predicted octanol–water partition coefficient (Wildman–Crippen LogP) is 3.05. The second kappa shape index (κ2) is 10.5. The zero-order valence-corrected chi connectivity index (χ0v) is 17.9. The maximum absolute atomic E-state index is 13.7. The molecule has 2 aliphatic rings. The van der Waals surface area contributed by atoms with Crippen molar-refractivity contribution in [1.29, 1.82) is 0 Å². The number of likely N-dealkylation sites (tertiary alicyclic amines) is 1. The minimum atomic E-state index is -0.392. The topological polar surface area (TPSA) is 85.9 Å². The molecule has 4 rings (SSSR count). The van der Waals surface area contributed by atoms with Gasteiger partial charge in [0.05, 0.1) is 17.9 Å². The van der Waals surface area contributed by atoms with Crippen LogP contribution in [0.25, 0.3) is 6.08 Å². The fourth-order valence-corrected chi connectivity index (χ4v) is 4.29. The molecule has 1 unspecified atom stereocenters. The van der Waals surface area contributed by atoms with Gasteiger partial charge in [-0.15, -0.1) is 0 Å². The number of allylic oxidation sites excluding steroid dienone is 1. The number of rotatable bonds is 8. The van der Waals surface area contributed by atoms with Crippen molar-refractivity contribution in [2.24, 2.45) is 5.92 Å². The third-order valence-electron chi connectivity index (χ3n) is 6.01. The molecular formula is C23H31FN6O. The van der Waals surface area contributed by atoms with E-state index in [9.17, 15) is 9.18 Å². The third-order valence-corrected chi connectivity index (χ3v) is 6.01. The van der Waals surface area contributed by atoms with Gasteiger partial charge in [0.15, 0.2) is 0 Å². The molecule has 1 atom stereocenters. The predicted molar refractivity (Wildman–Crippen MR) is 118 cm³/mol. The first-order valence-electron chi connectivity index (χ1n) is 11.3. The lowest BCUT2D eigenvalue weighted by molar-refractivity contribution is 0.162. The number of halogens is 1. The molecule has 0 saturated carbocycles. The van der Waals surface area contributed by atoms with E-state index in [1.165, 1.54) is 18.0 Å². The van der Waals surface area contributed by atoms with Crippen LogP contribution in [-0.4, -0.2) is 52.1 Å². The summed E-state index contributed by atoms with van der Waals surface area (Å²) in [4.78, 5) is 26.4. The van der Waals surface area contributed by atoms with Gasteiger partial charge >= 0.3 is 6.03 Å². The van der Waals surface area contributed by atoms with Crippen LogP contribution in [0, 0.1) is 11.7 Å². The first-order valence-corrected chi connectivity index (χ1v) is 11.3. The summed E-state index contributed by atoms with van der Waals surface area (Å²) in [5.74, 6) is 1.14. The number of aromatic amines is 1. The van der Waals surface area contributed by atoms with Gasteiger partial charge in [-0.3, -0.25) is 4.98 Å². The van der Waals surface area contributed by atoms with E-state index in [1.807, 2.05) is 4.90 Å². The van der Waals surface area contributed by atoms with Gasteiger partial charge in [-0.2, -0.15) is 0 Å². The number of aryl methyl sites for hydroxylation is 1. The molecule has 2 aromatic rings. The highest BCUT2D eigenvalue weighted by atomic mass is 19.1. The van der Waals surface area contributed by atoms with Crippen LogP contribution in [0.15, 0.2) is 24.4 Å². The first-order chi connectivity index (χ1) is 15.2. The van der Waals surface area contributed by atoms with Gasteiger partial charge < -0.3 is 20.5 Å². The van der Waals surface area contributed by atoms with Gasteiger partial charge in [0.1, 0.15) is 11.6 Å². The normalized spacial score (nSPS) is 18.1. The van der Waals surface area contributed by atoms with Crippen molar-refractivity contribution in [3.63, 3.8) is 0 Å². The van der Waals surface area contributed by atoms with Crippen LogP contribution in [0.3, 0.4) is 0 Å². The highest BCUT2D eigenvalue weighted by Gasteiger charge is 2.23. The van der Waals surface area contributed by atoms with Crippen LogP contribution in [0.1, 0.15) is 48.6 Å². The Bertz CT molecular complexity index is 911. The number of carbonyl (C=O) groups excluding carboxylic acids is 1. The van der Waals surface area contributed by atoms with E-state index >= 15 is 0 Å². The van der Waals surface area contributed by atoms with Crippen LogP contribution in [0.5, 0.6) is 0 Å². The van der Waals surface area contributed by atoms with Crippen LogP contribution < -0.4 is 10.6 Å². The monoisotopic (exact) mass is 426 g/mol. The highest BCUT2D eigenvalue weighted by molar-refractivity contribution is 5.74. The number of aromatic nitrogens is 3. The summed E-state index contributed by atoms with van der Waals surface area (Å²) in [6, 6.07) is 2.76. The lowest BCUT2D eigenvalue weighted by Gasteiger charge is -2.33. The summed E-state index contributed by atoms with van der Waals surface area (Å²) in [6.45, 7) is 3.43. The largest absolute Gasteiger partial charge is 0.345 e. The Morgan fingerprint density at radius 3 is 3.16 bits per heavy atom. The van der Waals surface area contributed by atoms with E-state index in [0.717, 1.165) is 76.2 Å². The summed E-state index contributed by atoms with van der Waals surface area (Å²) >= 11 is 0. The molecule has 0 spiro atoms. The van der Waals surface area contributed by atoms with E-state index in [1.54, 1.807) is 6.07 Å². The SMILES string of the molecule is O=C(NCc1ncccc1F)N1CCCC(CCNCCc2nc3c([nH]2)CCC=C3)C1. The molecule has 31 heavy (non-hydrogen) atoms. The Kier molecular flexibility index (Phi) is 7.30. The molecule has 1 saturated heterocycles. The number of nitrogens with one attached hydrogen (secondary N) is 3. The minimum absolute atomic E-state index is 0.111. The number of urea groups is 1. The molecule has 3 N–H and O–H groups in total. The molecule has 1 aliphatic carbocycles. The molecule has 2 aromatic heterocycles. The number of piperidine rings is 1. The molecule has 1 aliphatic heterocycles. The van der Waals surface area contributed by atoms with Gasteiger partial charge in [0, 0.05) is 37.9 Å². The number of imidazole rings is 1. The number of pyridine rings is 1. The van der Waals surface area contributed by atoms with Crippen LogP contribution in [-0.2, 0) is 19.4 Å². The molecule has 3 heterocycles. The van der Waals surface area contributed by atoms with Crippen molar-refractivity contribution >= 4 is 12.1 Å². The van der Waals surface area contributed by atoms with Crippen LogP contribution >= 0.6 is 0 Å². The zero-order valence-electron chi connectivity index (χ0n) is 17.9. The number of amides is 2. The number of carbonyl (C=O) groups is 1. The van der Waals surface area contributed by atoms with Crippen LogP contribution in [0.4, 0.5) is 9.18 Å². The Labute approximate surface area is 182 Å². The standard InChI is InChI=1S/C23H31FN6O/c24-18-6-3-11-26-21(18)15-27-23(31)30-14-4-5-17(16-30)9-12-25-13-10-22-28-19-7-1-2-8-20(19)29-22/h1,3,6-7,11,17,25H,2,4-5,8-10,12-16H2,(H,27,31)(H,28,29). The Morgan fingerprint density at radius 2 is 2.29 bits per heavy atom. The number of fused-ring (bicyclic) bond motifs is 1. The molecule has 0 bridgehead atoms. The summed E-state index contributed by atoms with van der Waals surface area (Å²) in [5, 5.41) is 6.31. The first kappa shape index (κ1) is 21.5. The summed E-state index contributed by atoms with van der Waals surface area (Å²) in [5.41, 5.74) is 2.61. The molecule has 2 amide bonds. The quantitative estimate of drug-likeness (QED) is 0.567. The summed E-state index contributed by atoms with van der Waals surface area (Å²) in [6.07, 6.45) is 12.0. The van der Waals surface area contributed by atoms with E-state index in [4.69, 9.17) is 0 Å². The molecule has 1 fully saturated rings. The third kappa shape index (κ3) is 5.91. The molecule has 0 radical (unpaired) electrons. The fraction of sp³-hybridized carbons (Fsp3) is 0.522. The number of hydrogen-bond acceptors (Lipinski definition) is 4. The highest BCUT2D eigenvalue weighted by Crippen LogP contribution is 2.19. The zero-order chi connectivity index (χ0) is 21.5. The Morgan fingerprint density at radius 1 is 1.35 bits per heavy atom. The van der Waals surface area contributed by atoms with Gasteiger partial charge in [0.2, 0.25) is 0 Å². The Hall–Kier alpha value is -2.74. The van der Waals surface area contributed by atoms with E-state index in [2.05, 4.69) is 37.7 Å². The van der Waals surface area contributed by atoms with Gasteiger partial charge in [-0.1, -0.05) is 6.08 Å². The average Bonchev–Trinajstić information content (AvgIpc) is 3.21. The van der Waals surface area contributed by atoms with E-state index in [0.29, 0.717) is 5.92 Å². The number of hydrogen-bond donors (Lipinski definition) is 3. The molecule has 7 nitrogen and oxygen atoms in total. The summed E-state index contributed by atoms with van der Waals surface area (Å²) in [7, 11) is 0. The smallest absolute Gasteiger partial charge is 0.317 e. The maximum Gasteiger partial charge on any atom is 0.317 e. The Balaban J connectivity index is 1.14. The van der Waals surface area contributed by atoms with Crippen molar-refractivity contribution in [3.05, 3.63) is 53.1 Å². The maximum atomic E-state index is 13.7. The molecular weight excluding hydrogens is 395 g/mol. The van der Waals surface area contributed by atoms with Gasteiger partial charge in [-0.25, -0.2) is 14.2 Å². The lowest BCUT2D eigenvalue weighted by Crippen LogP contribution is -2.45. The van der Waals surface area contributed by atoms with Crippen molar-refractivity contribution in [2.45, 2.75) is 45.1 Å². The second-order valence-corrected chi connectivity index (χ2v) is 8.32. The summed E-state index contributed by atoms with van der Waals surface area (Å²) < 4.78 is 13.7. The number of H-pyrrole nitrogens is 1. The minimum Gasteiger partial charge on any atom is -0.345 e. The van der Waals surface area contributed by atoms with Gasteiger partial charge in [-0.05, 0) is 62.8 Å². The van der Waals surface area contributed by atoms with Crippen molar-refractivity contribution in [2.75, 3.05) is 26.2 Å². The van der Waals surface area contributed by atoms with E-state index < -0.39 is 5.82 Å². The lowest BCUT2D eigenvalue weighted by atomic mass is 9.95. The van der Waals surface area contributed by atoms with Crippen molar-refractivity contribution in [3.8, 4) is 0 Å². The molecule has 166 valence electrons. The van der Waals surface area contributed by atoms with Gasteiger partial charge in [0.25, 0.3) is 0 Å².